The summed E-state index contributed by atoms with van der Waals surface area (Å²) in [4.78, 5) is 20.2. The van der Waals surface area contributed by atoms with Crippen molar-refractivity contribution in [1.82, 2.24) is 9.97 Å². The maximum atomic E-state index is 13.7. The van der Waals surface area contributed by atoms with Gasteiger partial charge in [0, 0.05) is 22.4 Å². The lowest BCUT2D eigenvalue weighted by molar-refractivity contribution is -0.111. The first-order chi connectivity index (χ1) is 11.5. The number of aromatic nitrogens is 2. The summed E-state index contributed by atoms with van der Waals surface area (Å²) in [6.07, 6.45) is 2.94. The molecule has 0 spiro atoms. The highest BCUT2D eigenvalue weighted by Gasteiger charge is 2.11. The molecular formula is C16H11F2N3OS2. The van der Waals surface area contributed by atoms with Gasteiger partial charge in [-0.25, -0.2) is 18.7 Å². The molecule has 0 unspecified atom stereocenters. The molecule has 3 aromatic rings. The number of carbonyl (C=O) groups is 1. The van der Waals surface area contributed by atoms with Crippen molar-refractivity contribution in [3.8, 4) is 11.3 Å². The topological polar surface area (TPSA) is 54.9 Å². The second-order valence-electron chi connectivity index (χ2n) is 4.78. The number of nitrogens with zero attached hydrogens (tertiary/aromatic N) is 2. The molecule has 0 saturated carbocycles. The van der Waals surface area contributed by atoms with E-state index in [2.05, 4.69) is 15.3 Å². The Bertz CT molecular complexity index is 918. The number of aryl methyl sites for hydroxylation is 1. The van der Waals surface area contributed by atoms with Crippen LogP contribution in [-0.2, 0) is 4.79 Å². The summed E-state index contributed by atoms with van der Waals surface area (Å²) in [6.45, 7) is 1.88. The summed E-state index contributed by atoms with van der Waals surface area (Å²) < 4.78 is 27.0. The average molecular weight is 363 g/mol. The predicted octanol–water partition coefficient (Wildman–Crippen LogP) is 4.51. The van der Waals surface area contributed by atoms with Gasteiger partial charge in [-0.3, -0.25) is 10.1 Å². The molecule has 8 heteroatoms. The molecule has 1 N–H and O–H groups in total. The molecule has 2 aromatic heterocycles. The largest absolute Gasteiger partial charge is 0.298 e. The minimum Gasteiger partial charge on any atom is -0.298 e. The summed E-state index contributed by atoms with van der Waals surface area (Å²) in [7, 11) is 0. The Balaban J connectivity index is 1.70. The highest BCUT2D eigenvalue weighted by Crippen LogP contribution is 2.27. The predicted molar refractivity (Wildman–Crippen MR) is 92.0 cm³/mol. The first kappa shape index (κ1) is 16.4. The number of benzene rings is 1. The Hall–Kier alpha value is -2.45. The number of anilines is 1. The first-order valence-corrected chi connectivity index (χ1v) is 8.59. The lowest BCUT2D eigenvalue weighted by Gasteiger charge is -1.99. The van der Waals surface area contributed by atoms with Crippen molar-refractivity contribution in [2.45, 2.75) is 6.92 Å². The zero-order valence-corrected chi connectivity index (χ0v) is 14.0. The van der Waals surface area contributed by atoms with E-state index in [0.29, 0.717) is 10.8 Å². The van der Waals surface area contributed by atoms with Gasteiger partial charge in [-0.1, -0.05) is 0 Å². The van der Waals surface area contributed by atoms with Crippen molar-refractivity contribution in [2.24, 2.45) is 0 Å². The van der Waals surface area contributed by atoms with Gasteiger partial charge in [0.15, 0.2) is 5.13 Å². The van der Waals surface area contributed by atoms with Gasteiger partial charge in [0.05, 0.1) is 16.4 Å². The van der Waals surface area contributed by atoms with Crippen LogP contribution < -0.4 is 5.32 Å². The lowest BCUT2D eigenvalue weighted by atomic mass is 10.1. The van der Waals surface area contributed by atoms with Crippen molar-refractivity contribution >= 4 is 39.8 Å². The third kappa shape index (κ3) is 3.90. The zero-order valence-electron chi connectivity index (χ0n) is 12.4. The van der Waals surface area contributed by atoms with Gasteiger partial charge >= 0.3 is 0 Å². The van der Waals surface area contributed by atoms with Gasteiger partial charge in [-0.2, -0.15) is 0 Å². The number of thiazole rings is 2. The van der Waals surface area contributed by atoms with Crippen LogP contribution >= 0.6 is 22.7 Å². The van der Waals surface area contributed by atoms with Crippen LogP contribution in [0, 0.1) is 18.6 Å². The molecule has 0 radical (unpaired) electrons. The van der Waals surface area contributed by atoms with E-state index >= 15 is 0 Å². The number of hydrogen-bond acceptors (Lipinski definition) is 5. The van der Waals surface area contributed by atoms with Gasteiger partial charge in [-0.15, -0.1) is 22.7 Å². The van der Waals surface area contributed by atoms with E-state index < -0.39 is 11.6 Å². The third-order valence-electron chi connectivity index (χ3n) is 2.98. The molecule has 0 atom stereocenters. The normalized spacial score (nSPS) is 11.1. The van der Waals surface area contributed by atoms with Gasteiger partial charge in [-0.05, 0) is 31.2 Å². The van der Waals surface area contributed by atoms with E-state index in [1.807, 2.05) is 12.3 Å². The third-order valence-corrected chi connectivity index (χ3v) is 4.53. The molecule has 0 bridgehead atoms. The summed E-state index contributed by atoms with van der Waals surface area (Å²) in [6, 6.07) is 3.15. The molecular weight excluding hydrogens is 352 g/mol. The molecule has 0 fully saturated rings. The average Bonchev–Trinajstić information content (AvgIpc) is 3.17. The van der Waals surface area contributed by atoms with Gasteiger partial charge in [0.25, 0.3) is 0 Å². The number of carbonyl (C=O) groups excluding carboxylic acids is 1. The van der Waals surface area contributed by atoms with E-state index in [0.717, 1.165) is 34.5 Å². The number of amides is 1. The van der Waals surface area contributed by atoms with Crippen LogP contribution in [0.2, 0.25) is 0 Å². The summed E-state index contributed by atoms with van der Waals surface area (Å²) >= 11 is 2.63. The Morgan fingerprint density at radius 2 is 2.04 bits per heavy atom. The molecule has 0 saturated heterocycles. The minimum atomic E-state index is -0.571. The fourth-order valence-corrected chi connectivity index (χ4v) is 3.21. The Labute approximate surface area is 144 Å². The highest BCUT2D eigenvalue weighted by atomic mass is 32.1. The van der Waals surface area contributed by atoms with E-state index in [9.17, 15) is 13.6 Å². The van der Waals surface area contributed by atoms with Crippen LogP contribution in [-0.4, -0.2) is 15.9 Å². The Kier molecular flexibility index (Phi) is 4.77. The maximum absolute atomic E-state index is 13.7. The molecule has 2 heterocycles. The van der Waals surface area contributed by atoms with E-state index in [1.165, 1.54) is 17.4 Å². The molecule has 122 valence electrons. The molecule has 3 rings (SSSR count). The van der Waals surface area contributed by atoms with Crippen LogP contribution in [0.1, 0.15) is 10.7 Å². The van der Waals surface area contributed by atoms with Crippen LogP contribution in [0.3, 0.4) is 0 Å². The van der Waals surface area contributed by atoms with Crippen molar-refractivity contribution in [3.63, 3.8) is 0 Å². The van der Waals surface area contributed by atoms with Crippen molar-refractivity contribution in [2.75, 3.05) is 5.32 Å². The highest BCUT2D eigenvalue weighted by molar-refractivity contribution is 7.14. The maximum Gasteiger partial charge on any atom is 0.250 e. The van der Waals surface area contributed by atoms with Gasteiger partial charge < -0.3 is 0 Å². The van der Waals surface area contributed by atoms with Crippen molar-refractivity contribution in [1.29, 1.82) is 0 Å². The SMILES string of the molecule is Cc1nc(/C=C/C(=O)Nc2nc(-c3cc(F)ccc3F)cs2)cs1. The van der Waals surface area contributed by atoms with Crippen molar-refractivity contribution < 1.29 is 13.6 Å². The standard InChI is InChI=1S/C16H11F2N3OS2/c1-9-19-11(7-23-9)3-5-15(22)21-16-20-14(8-24-16)12-6-10(17)2-4-13(12)18/h2-8H,1H3,(H,20,21,22)/b5-3+. The Morgan fingerprint density at radius 1 is 1.21 bits per heavy atom. The lowest BCUT2D eigenvalue weighted by Crippen LogP contribution is -2.07. The Morgan fingerprint density at radius 3 is 2.79 bits per heavy atom. The quantitative estimate of drug-likeness (QED) is 0.694. The number of hydrogen-bond donors (Lipinski definition) is 1. The number of nitrogens with one attached hydrogen (secondary N) is 1. The second kappa shape index (κ2) is 6.98. The minimum absolute atomic E-state index is 0.0558. The smallest absolute Gasteiger partial charge is 0.250 e. The molecule has 4 nitrogen and oxygen atoms in total. The van der Waals surface area contributed by atoms with Crippen LogP contribution in [0.25, 0.3) is 17.3 Å². The zero-order chi connectivity index (χ0) is 17.1. The fraction of sp³-hybridized carbons (Fsp3) is 0.0625. The summed E-state index contributed by atoms with van der Waals surface area (Å²) in [5.74, 6) is -1.49. The van der Waals surface area contributed by atoms with E-state index in [4.69, 9.17) is 0 Å². The van der Waals surface area contributed by atoms with E-state index in [-0.39, 0.29) is 17.2 Å². The first-order valence-electron chi connectivity index (χ1n) is 6.83. The van der Waals surface area contributed by atoms with Crippen molar-refractivity contribution in [3.05, 3.63) is 57.4 Å². The number of rotatable bonds is 4. The molecule has 1 amide bonds. The van der Waals surface area contributed by atoms with Crippen LogP contribution in [0.5, 0.6) is 0 Å². The van der Waals surface area contributed by atoms with Gasteiger partial charge in [0.1, 0.15) is 11.6 Å². The molecule has 0 aliphatic rings. The monoisotopic (exact) mass is 363 g/mol. The van der Waals surface area contributed by atoms with E-state index in [1.54, 1.807) is 11.5 Å². The molecule has 0 aliphatic carbocycles. The summed E-state index contributed by atoms with van der Waals surface area (Å²) in [5, 5.41) is 7.20. The fourth-order valence-electron chi connectivity index (χ4n) is 1.91. The summed E-state index contributed by atoms with van der Waals surface area (Å²) in [5.41, 5.74) is 1.03. The van der Waals surface area contributed by atoms with Crippen LogP contribution in [0.15, 0.2) is 35.0 Å². The molecule has 0 aliphatic heterocycles. The second-order valence-corrected chi connectivity index (χ2v) is 6.70. The number of halogens is 2. The van der Waals surface area contributed by atoms with Crippen LogP contribution in [0.4, 0.5) is 13.9 Å². The van der Waals surface area contributed by atoms with Gasteiger partial charge in [0.2, 0.25) is 5.91 Å². The molecule has 1 aromatic carbocycles. The molecule has 24 heavy (non-hydrogen) atoms.